The molecule has 0 bridgehead atoms. The van der Waals surface area contributed by atoms with Crippen molar-refractivity contribution in [2.24, 2.45) is 5.41 Å². The average molecular weight is 252 g/mol. The molecule has 2 aliphatic heterocycles. The summed E-state index contributed by atoms with van der Waals surface area (Å²) in [4.78, 5) is 11.8. The number of ether oxygens (including phenoxy) is 2. The molecule has 98 valence electrons. The summed E-state index contributed by atoms with van der Waals surface area (Å²) in [6.07, 6.45) is 1.68. The zero-order valence-electron chi connectivity index (χ0n) is 10.3. The van der Waals surface area contributed by atoms with Gasteiger partial charge in [0, 0.05) is 5.41 Å². The third-order valence-electron chi connectivity index (χ3n) is 3.19. The molecule has 0 saturated carbocycles. The Balaban J connectivity index is 1.59. The van der Waals surface area contributed by atoms with Crippen molar-refractivity contribution >= 4 is 5.91 Å². The zero-order valence-corrected chi connectivity index (χ0v) is 10.3. The van der Waals surface area contributed by atoms with Crippen LogP contribution in [0.1, 0.15) is 17.4 Å². The van der Waals surface area contributed by atoms with E-state index in [2.05, 4.69) is 22.6 Å². The van der Waals surface area contributed by atoms with Gasteiger partial charge in [-0.2, -0.15) is 0 Å². The number of hydrogen-bond donors (Lipinski definition) is 1. The van der Waals surface area contributed by atoms with Gasteiger partial charge in [0.25, 0.3) is 5.91 Å². The topological polar surface area (TPSA) is 78.3 Å². The van der Waals surface area contributed by atoms with Crippen molar-refractivity contribution in [1.29, 1.82) is 0 Å². The molecule has 2 aliphatic rings. The van der Waals surface area contributed by atoms with Gasteiger partial charge in [-0.3, -0.25) is 9.48 Å². The van der Waals surface area contributed by atoms with E-state index in [-0.39, 0.29) is 17.4 Å². The Bertz CT molecular complexity index is 451. The van der Waals surface area contributed by atoms with Crippen molar-refractivity contribution in [3.63, 3.8) is 0 Å². The lowest BCUT2D eigenvalue weighted by atomic mass is 9.89. The van der Waals surface area contributed by atoms with E-state index >= 15 is 0 Å². The molecular weight excluding hydrogens is 236 g/mol. The molecule has 0 aliphatic carbocycles. The summed E-state index contributed by atoms with van der Waals surface area (Å²) >= 11 is 0. The Labute approximate surface area is 104 Å². The Hall–Kier alpha value is -1.47. The first-order valence-electron chi connectivity index (χ1n) is 6.01. The maximum Gasteiger partial charge on any atom is 0.273 e. The third-order valence-corrected chi connectivity index (χ3v) is 3.19. The van der Waals surface area contributed by atoms with Crippen LogP contribution in [-0.4, -0.2) is 53.4 Å². The van der Waals surface area contributed by atoms with Crippen molar-refractivity contribution < 1.29 is 14.3 Å². The maximum atomic E-state index is 11.8. The molecular formula is C11H16N4O3. The molecule has 1 aromatic rings. The molecule has 0 aromatic carbocycles. The largest absolute Gasteiger partial charge is 0.380 e. The molecule has 7 heteroatoms. The second-order valence-electron chi connectivity index (χ2n) is 5.31. The van der Waals surface area contributed by atoms with Gasteiger partial charge < -0.3 is 14.8 Å². The summed E-state index contributed by atoms with van der Waals surface area (Å²) in [5.41, 5.74) is 0.467. The van der Waals surface area contributed by atoms with E-state index in [0.717, 1.165) is 19.8 Å². The molecule has 0 atom stereocenters. The summed E-state index contributed by atoms with van der Waals surface area (Å²) in [5, 5.41) is 10.7. The summed E-state index contributed by atoms with van der Waals surface area (Å²) in [6.45, 7) is 5.47. The van der Waals surface area contributed by atoms with Crippen LogP contribution in [0.2, 0.25) is 0 Å². The minimum atomic E-state index is -0.190. The number of nitrogens with one attached hydrogen (secondary N) is 1. The van der Waals surface area contributed by atoms with Gasteiger partial charge in [-0.15, -0.1) is 5.10 Å². The van der Waals surface area contributed by atoms with Crippen LogP contribution in [0.3, 0.4) is 0 Å². The molecule has 2 fully saturated rings. The lowest BCUT2D eigenvalue weighted by Crippen LogP contribution is -2.48. The normalized spacial score (nSPS) is 22.1. The quantitative estimate of drug-likeness (QED) is 0.777. The minimum Gasteiger partial charge on any atom is -0.380 e. The van der Waals surface area contributed by atoms with E-state index in [1.54, 1.807) is 10.9 Å². The van der Waals surface area contributed by atoms with Gasteiger partial charge >= 0.3 is 0 Å². The second kappa shape index (κ2) is 4.33. The van der Waals surface area contributed by atoms with Gasteiger partial charge in [0.05, 0.1) is 45.2 Å². The van der Waals surface area contributed by atoms with E-state index < -0.39 is 0 Å². The first-order valence-corrected chi connectivity index (χ1v) is 6.01. The summed E-state index contributed by atoms with van der Waals surface area (Å²) in [7, 11) is 0. The van der Waals surface area contributed by atoms with Gasteiger partial charge in [0.1, 0.15) is 0 Å². The first kappa shape index (κ1) is 11.6. The Morgan fingerprint density at radius 2 is 2.33 bits per heavy atom. The van der Waals surface area contributed by atoms with E-state index in [9.17, 15) is 4.79 Å². The third kappa shape index (κ3) is 2.23. The van der Waals surface area contributed by atoms with Crippen LogP contribution in [0.25, 0.3) is 0 Å². The molecule has 1 aromatic heterocycles. The van der Waals surface area contributed by atoms with Crippen LogP contribution in [-0.2, 0) is 16.0 Å². The van der Waals surface area contributed by atoms with E-state index in [0.29, 0.717) is 18.9 Å². The van der Waals surface area contributed by atoms with Crippen LogP contribution in [0.5, 0.6) is 0 Å². The molecule has 1 N–H and O–H groups in total. The molecule has 3 rings (SSSR count). The maximum absolute atomic E-state index is 11.8. The summed E-state index contributed by atoms with van der Waals surface area (Å²) < 4.78 is 11.9. The van der Waals surface area contributed by atoms with Gasteiger partial charge in [0.15, 0.2) is 5.69 Å². The fraction of sp³-hybridized carbons (Fsp3) is 0.727. The Kier molecular flexibility index (Phi) is 2.79. The highest BCUT2D eigenvalue weighted by Crippen LogP contribution is 2.28. The summed E-state index contributed by atoms with van der Waals surface area (Å²) in [5.74, 6) is -0.190. The number of carbonyl (C=O) groups excluding carboxylic acids is 1. The molecule has 2 saturated heterocycles. The lowest BCUT2D eigenvalue weighted by molar-refractivity contribution is -0.111. The number of rotatable bonds is 4. The fourth-order valence-corrected chi connectivity index (χ4v) is 1.99. The molecule has 0 radical (unpaired) electrons. The van der Waals surface area contributed by atoms with Crippen molar-refractivity contribution in [3.8, 4) is 0 Å². The number of nitrogens with zero attached hydrogens (tertiary/aromatic N) is 3. The van der Waals surface area contributed by atoms with E-state index in [1.165, 1.54) is 0 Å². The number of hydrogen-bond acceptors (Lipinski definition) is 5. The predicted octanol–water partition coefficient (Wildman–Crippen LogP) is -0.557. The molecule has 3 heterocycles. The highest BCUT2D eigenvalue weighted by atomic mass is 16.5. The number of carbonyl (C=O) groups is 1. The Morgan fingerprint density at radius 3 is 2.89 bits per heavy atom. The molecule has 0 unspecified atom stereocenters. The van der Waals surface area contributed by atoms with Crippen molar-refractivity contribution in [2.75, 3.05) is 26.4 Å². The standard InChI is InChI=1S/C11H16N4O3/c1-11(6-18-7-11)5-15-2-9(13-14-15)10(16)12-8-3-17-4-8/h2,8H,3-7H2,1H3,(H,12,16). The predicted molar refractivity (Wildman–Crippen MR) is 61.0 cm³/mol. The highest BCUT2D eigenvalue weighted by molar-refractivity contribution is 5.92. The second-order valence-corrected chi connectivity index (χ2v) is 5.31. The van der Waals surface area contributed by atoms with Gasteiger partial charge in [0.2, 0.25) is 0 Å². The lowest BCUT2D eigenvalue weighted by Gasteiger charge is -2.37. The monoisotopic (exact) mass is 252 g/mol. The van der Waals surface area contributed by atoms with Gasteiger partial charge in [-0.05, 0) is 0 Å². The van der Waals surface area contributed by atoms with Gasteiger partial charge in [-0.1, -0.05) is 12.1 Å². The zero-order chi connectivity index (χ0) is 12.6. The highest BCUT2D eigenvalue weighted by Gasteiger charge is 2.34. The molecule has 1 amide bonds. The van der Waals surface area contributed by atoms with Crippen LogP contribution >= 0.6 is 0 Å². The average Bonchev–Trinajstić information content (AvgIpc) is 2.69. The van der Waals surface area contributed by atoms with Crippen LogP contribution in [0.4, 0.5) is 0 Å². The molecule has 7 nitrogen and oxygen atoms in total. The van der Waals surface area contributed by atoms with Gasteiger partial charge in [-0.25, -0.2) is 0 Å². The van der Waals surface area contributed by atoms with E-state index in [1.807, 2.05) is 0 Å². The van der Waals surface area contributed by atoms with Crippen LogP contribution in [0, 0.1) is 5.41 Å². The van der Waals surface area contributed by atoms with Crippen LogP contribution in [0.15, 0.2) is 6.20 Å². The molecule has 18 heavy (non-hydrogen) atoms. The fourth-order valence-electron chi connectivity index (χ4n) is 1.99. The van der Waals surface area contributed by atoms with Crippen molar-refractivity contribution in [2.45, 2.75) is 19.5 Å². The smallest absolute Gasteiger partial charge is 0.273 e. The first-order chi connectivity index (χ1) is 8.65. The number of aromatic nitrogens is 3. The Morgan fingerprint density at radius 1 is 1.56 bits per heavy atom. The minimum absolute atomic E-state index is 0.111. The van der Waals surface area contributed by atoms with Crippen LogP contribution < -0.4 is 5.32 Å². The molecule has 0 spiro atoms. The van der Waals surface area contributed by atoms with E-state index in [4.69, 9.17) is 9.47 Å². The van der Waals surface area contributed by atoms with Crippen molar-refractivity contribution in [1.82, 2.24) is 20.3 Å². The number of amides is 1. The summed E-state index contributed by atoms with van der Waals surface area (Å²) in [6, 6.07) is 0.111. The van der Waals surface area contributed by atoms with Crippen molar-refractivity contribution in [3.05, 3.63) is 11.9 Å². The SMILES string of the molecule is CC1(Cn2cc(C(=O)NC3COC3)nn2)COC1.